The maximum Gasteiger partial charge on any atom is 0.243 e. The van der Waals surface area contributed by atoms with Crippen LogP contribution in [0.25, 0.3) is 0 Å². The van der Waals surface area contributed by atoms with E-state index in [0.717, 1.165) is 18.5 Å². The fourth-order valence-corrected chi connectivity index (χ4v) is 3.63. The van der Waals surface area contributed by atoms with Crippen LogP contribution in [0.15, 0.2) is 29.2 Å². The zero-order chi connectivity index (χ0) is 16.3. The van der Waals surface area contributed by atoms with Crippen LogP contribution in [0.2, 0.25) is 0 Å². The third kappa shape index (κ3) is 4.05. The molecule has 0 aliphatic heterocycles. The van der Waals surface area contributed by atoms with Crippen molar-refractivity contribution >= 4 is 10.0 Å². The Morgan fingerprint density at radius 2 is 1.71 bits per heavy atom. The Morgan fingerprint density at radius 1 is 1.19 bits per heavy atom. The predicted octanol–water partition coefficient (Wildman–Crippen LogP) is 3.17. The Kier molecular flexibility index (Phi) is 5.96. The second-order valence-electron chi connectivity index (χ2n) is 5.99. The Hall–Kier alpha value is -0.910. The highest BCUT2D eigenvalue weighted by Gasteiger charge is 2.32. The fourth-order valence-electron chi connectivity index (χ4n) is 2.06. The van der Waals surface area contributed by atoms with Crippen LogP contribution in [0, 0.1) is 0 Å². The van der Waals surface area contributed by atoms with Gasteiger partial charge in [0.25, 0.3) is 0 Å². The van der Waals surface area contributed by atoms with Gasteiger partial charge in [-0.25, -0.2) is 8.42 Å². The highest BCUT2D eigenvalue weighted by Crippen LogP contribution is 2.26. The molecule has 5 heteroatoms. The van der Waals surface area contributed by atoms with E-state index in [1.54, 1.807) is 19.2 Å². The number of nitrogens with one attached hydrogen (secondary N) is 1. The van der Waals surface area contributed by atoms with Crippen LogP contribution in [-0.2, 0) is 10.0 Å². The topological polar surface area (TPSA) is 49.4 Å². The van der Waals surface area contributed by atoms with Gasteiger partial charge in [0.2, 0.25) is 10.0 Å². The normalized spacial score (nSPS) is 14.4. The molecule has 0 saturated heterocycles. The molecular formula is C16H28N2O2S. The number of sulfonamides is 1. The average Bonchev–Trinajstić information content (AvgIpc) is 2.46. The number of hydrogen-bond donors (Lipinski definition) is 1. The molecular weight excluding hydrogens is 284 g/mol. The minimum atomic E-state index is -3.45. The lowest BCUT2D eigenvalue weighted by Gasteiger charge is -2.33. The monoisotopic (exact) mass is 312 g/mol. The van der Waals surface area contributed by atoms with E-state index in [-0.39, 0.29) is 6.04 Å². The SMILES string of the molecule is CCNC(C)c1ccc(S(=O)(=O)N(C)C(C)(C)CC)cc1. The number of nitrogens with zero attached hydrogens (tertiary/aromatic N) is 1. The van der Waals surface area contributed by atoms with Crippen molar-refractivity contribution < 1.29 is 8.42 Å². The molecule has 1 atom stereocenters. The van der Waals surface area contributed by atoms with E-state index in [1.807, 2.05) is 32.9 Å². The summed E-state index contributed by atoms with van der Waals surface area (Å²) in [4.78, 5) is 0.346. The third-order valence-corrected chi connectivity index (χ3v) is 6.35. The van der Waals surface area contributed by atoms with Gasteiger partial charge in [-0.2, -0.15) is 4.31 Å². The predicted molar refractivity (Wildman–Crippen MR) is 87.9 cm³/mol. The first-order valence-electron chi connectivity index (χ1n) is 7.49. The molecule has 0 heterocycles. The summed E-state index contributed by atoms with van der Waals surface area (Å²) in [7, 11) is -1.80. The van der Waals surface area contributed by atoms with E-state index in [2.05, 4.69) is 19.2 Å². The summed E-state index contributed by atoms with van der Waals surface area (Å²) < 4.78 is 26.8. The molecule has 0 amide bonds. The second-order valence-corrected chi connectivity index (χ2v) is 7.96. The van der Waals surface area contributed by atoms with Gasteiger partial charge >= 0.3 is 0 Å². The maximum absolute atomic E-state index is 12.7. The van der Waals surface area contributed by atoms with Crippen molar-refractivity contribution in [1.82, 2.24) is 9.62 Å². The highest BCUT2D eigenvalue weighted by atomic mass is 32.2. The summed E-state index contributed by atoms with van der Waals surface area (Å²) in [5, 5.41) is 3.32. The Balaban J connectivity index is 3.06. The first-order chi connectivity index (χ1) is 9.66. The smallest absolute Gasteiger partial charge is 0.243 e. The van der Waals surface area contributed by atoms with Crippen LogP contribution in [0.4, 0.5) is 0 Å². The lowest BCUT2D eigenvalue weighted by molar-refractivity contribution is 0.257. The zero-order valence-electron chi connectivity index (χ0n) is 14.0. The van der Waals surface area contributed by atoms with Gasteiger partial charge in [-0.15, -0.1) is 0 Å². The van der Waals surface area contributed by atoms with Crippen LogP contribution < -0.4 is 5.32 Å². The van der Waals surface area contributed by atoms with E-state index < -0.39 is 15.6 Å². The van der Waals surface area contributed by atoms with Gasteiger partial charge in [0, 0.05) is 18.6 Å². The van der Waals surface area contributed by atoms with Crippen LogP contribution in [0.3, 0.4) is 0 Å². The van der Waals surface area contributed by atoms with Gasteiger partial charge in [-0.3, -0.25) is 0 Å². The average molecular weight is 312 g/mol. The summed E-state index contributed by atoms with van der Waals surface area (Å²) in [5.74, 6) is 0. The Morgan fingerprint density at radius 3 is 2.14 bits per heavy atom. The van der Waals surface area contributed by atoms with Gasteiger partial charge in [0.15, 0.2) is 0 Å². The largest absolute Gasteiger partial charge is 0.310 e. The number of benzene rings is 1. The quantitative estimate of drug-likeness (QED) is 0.841. The van der Waals surface area contributed by atoms with Gasteiger partial charge < -0.3 is 5.32 Å². The van der Waals surface area contributed by atoms with E-state index in [4.69, 9.17) is 0 Å². The zero-order valence-corrected chi connectivity index (χ0v) is 14.8. The van der Waals surface area contributed by atoms with E-state index in [1.165, 1.54) is 4.31 Å². The molecule has 1 rings (SSSR count). The molecule has 0 bridgehead atoms. The van der Waals surface area contributed by atoms with E-state index >= 15 is 0 Å². The lowest BCUT2D eigenvalue weighted by atomic mass is 10.0. The first-order valence-corrected chi connectivity index (χ1v) is 8.93. The number of hydrogen-bond acceptors (Lipinski definition) is 3. The van der Waals surface area contributed by atoms with Crippen molar-refractivity contribution in [1.29, 1.82) is 0 Å². The first kappa shape index (κ1) is 18.1. The molecule has 0 aromatic heterocycles. The molecule has 1 N–H and O–H groups in total. The molecule has 120 valence electrons. The molecule has 0 fully saturated rings. The van der Waals surface area contributed by atoms with Crippen molar-refractivity contribution in [3.8, 4) is 0 Å². The summed E-state index contributed by atoms with van der Waals surface area (Å²) in [5.41, 5.74) is 0.697. The fraction of sp³-hybridized carbons (Fsp3) is 0.625. The van der Waals surface area contributed by atoms with Crippen molar-refractivity contribution in [2.45, 2.75) is 57.5 Å². The summed E-state index contributed by atoms with van der Waals surface area (Å²) >= 11 is 0. The molecule has 4 nitrogen and oxygen atoms in total. The molecule has 1 aromatic rings. The minimum absolute atomic E-state index is 0.219. The standard InChI is InChI=1S/C16H28N2O2S/c1-7-16(4,5)18(6)21(19,20)15-11-9-14(10-12-15)13(3)17-8-2/h9-13,17H,7-8H2,1-6H3. The third-order valence-electron chi connectivity index (χ3n) is 4.27. The van der Waals surface area contributed by atoms with E-state index in [0.29, 0.717) is 4.90 Å². The van der Waals surface area contributed by atoms with E-state index in [9.17, 15) is 8.42 Å². The number of rotatable bonds is 7. The minimum Gasteiger partial charge on any atom is -0.310 e. The van der Waals surface area contributed by atoms with Gasteiger partial charge in [0.05, 0.1) is 4.90 Å². The van der Waals surface area contributed by atoms with Gasteiger partial charge in [-0.1, -0.05) is 26.0 Å². The Labute approximate surface area is 129 Å². The summed E-state index contributed by atoms with van der Waals surface area (Å²) in [6.07, 6.45) is 0.762. The van der Waals surface area contributed by atoms with Gasteiger partial charge in [-0.05, 0) is 51.4 Å². The lowest BCUT2D eigenvalue weighted by Crippen LogP contribution is -2.44. The van der Waals surface area contributed by atoms with Crippen molar-refractivity contribution in [2.24, 2.45) is 0 Å². The molecule has 0 radical (unpaired) electrons. The van der Waals surface area contributed by atoms with Crippen molar-refractivity contribution in [3.63, 3.8) is 0 Å². The maximum atomic E-state index is 12.7. The molecule has 0 aliphatic carbocycles. The molecule has 0 aliphatic rings. The Bertz CT molecular complexity index is 550. The van der Waals surface area contributed by atoms with Gasteiger partial charge in [0.1, 0.15) is 0 Å². The van der Waals surface area contributed by atoms with Crippen LogP contribution in [0.5, 0.6) is 0 Å². The molecule has 21 heavy (non-hydrogen) atoms. The molecule has 1 unspecified atom stereocenters. The summed E-state index contributed by atoms with van der Waals surface area (Å²) in [6, 6.07) is 7.37. The van der Waals surface area contributed by atoms with Crippen LogP contribution in [-0.4, -0.2) is 31.9 Å². The van der Waals surface area contributed by atoms with Crippen LogP contribution in [0.1, 0.15) is 52.6 Å². The highest BCUT2D eigenvalue weighted by molar-refractivity contribution is 7.89. The molecule has 1 aromatic carbocycles. The molecule has 0 spiro atoms. The summed E-state index contributed by atoms with van der Waals surface area (Å²) in [6.45, 7) is 10.9. The van der Waals surface area contributed by atoms with Crippen molar-refractivity contribution in [2.75, 3.05) is 13.6 Å². The second kappa shape index (κ2) is 6.90. The molecule has 0 saturated carbocycles. The van der Waals surface area contributed by atoms with Crippen LogP contribution >= 0.6 is 0 Å². The van der Waals surface area contributed by atoms with Crippen molar-refractivity contribution in [3.05, 3.63) is 29.8 Å².